The van der Waals surface area contributed by atoms with Gasteiger partial charge in [-0.2, -0.15) is 0 Å². The molecule has 4 rings (SSSR count). The number of fused-ring (bicyclic) bond motifs is 3. The lowest BCUT2D eigenvalue weighted by molar-refractivity contribution is 0.292. The van der Waals surface area contributed by atoms with Crippen molar-refractivity contribution in [2.45, 2.75) is 25.4 Å². The van der Waals surface area contributed by atoms with Gasteiger partial charge in [0.05, 0.1) is 10.9 Å². The number of aryl methyl sites for hydroxylation is 1. The highest BCUT2D eigenvalue weighted by atomic mass is 16.1. The van der Waals surface area contributed by atoms with Crippen LogP contribution in [0.3, 0.4) is 0 Å². The minimum Gasteiger partial charge on any atom is -0.366 e. The van der Waals surface area contributed by atoms with Gasteiger partial charge in [0.2, 0.25) is 0 Å². The van der Waals surface area contributed by atoms with Crippen LogP contribution >= 0.6 is 0 Å². The first-order chi connectivity index (χ1) is 10.0. The zero-order valence-corrected chi connectivity index (χ0v) is 12.7. The molecule has 0 N–H and O–H groups in total. The third kappa shape index (κ3) is 1.80. The second kappa shape index (κ2) is 4.31. The monoisotopic (exact) mass is 284 g/mol. The van der Waals surface area contributed by atoms with Crippen molar-refractivity contribution in [3.63, 3.8) is 0 Å². The molecule has 2 bridgehead atoms. The van der Waals surface area contributed by atoms with Crippen LogP contribution < -0.4 is 10.5 Å². The third-order valence-electron chi connectivity index (χ3n) is 5.13. The molecule has 110 valence electrons. The molecular weight excluding hydrogens is 264 g/mol. The quantitative estimate of drug-likeness (QED) is 0.787. The van der Waals surface area contributed by atoms with E-state index in [4.69, 9.17) is 0 Å². The molecule has 3 heterocycles. The number of benzene rings is 1. The Bertz CT molecular complexity index is 780. The summed E-state index contributed by atoms with van der Waals surface area (Å²) in [6.07, 6.45) is 1.23. The predicted octanol–water partition coefficient (Wildman–Crippen LogP) is 1.13. The van der Waals surface area contributed by atoms with Crippen LogP contribution in [0.2, 0.25) is 0 Å². The summed E-state index contributed by atoms with van der Waals surface area (Å²) in [4.78, 5) is 21.8. The normalized spacial score (nSPS) is 25.2. The fraction of sp³-hybridized carbons (Fsp3) is 0.500. The Morgan fingerprint density at radius 3 is 2.67 bits per heavy atom. The molecule has 2 fully saturated rings. The van der Waals surface area contributed by atoms with E-state index in [1.165, 1.54) is 6.42 Å². The van der Waals surface area contributed by atoms with Crippen LogP contribution in [-0.4, -0.2) is 46.7 Å². The fourth-order valence-corrected chi connectivity index (χ4v) is 3.73. The van der Waals surface area contributed by atoms with E-state index in [-0.39, 0.29) is 5.56 Å². The molecule has 5 heteroatoms. The number of nitrogens with zero attached hydrogens (tertiary/aromatic N) is 4. The molecule has 0 saturated carbocycles. The number of piperazine rings is 1. The topological polar surface area (TPSA) is 41.4 Å². The van der Waals surface area contributed by atoms with Gasteiger partial charge in [-0.05, 0) is 38.6 Å². The number of rotatable bonds is 1. The molecule has 2 atom stereocenters. The summed E-state index contributed by atoms with van der Waals surface area (Å²) in [5.74, 6) is 0.752. The van der Waals surface area contributed by atoms with Crippen LogP contribution in [0.4, 0.5) is 5.69 Å². The summed E-state index contributed by atoms with van der Waals surface area (Å²) in [5, 5.41) is 0.719. The summed E-state index contributed by atoms with van der Waals surface area (Å²) in [5.41, 5.74) is 1.99. The van der Waals surface area contributed by atoms with Crippen molar-refractivity contribution in [2.24, 2.45) is 7.05 Å². The van der Waals surface area contributed by atoms with Crippen molar-refractivity contribution in [3.05, 3.63) is 34.4 Å². The number of likely N-dealkylation sites (tertiary alicyclic amines) is 1. The van der Waals surface area contributed by atoms with Crippen molar-refractivity contribution in [1.82, 2.24) is 14.5 Å². The van der Waals surface area contributed by atoms with E-state index in [9.17, 15) is 4.79 Å². The molecule has 0 amide bonds. The van der Waals surface area contributed by atoms with Gasteiger partial charge in [-0.15, -0.1) is 0 Å². The van der Waals surface area contributed by atoms with Gasteiger partial charge in [-0.25, -0.2) is 4.98 Å². The Morgan fingerprint density at radius 1 is 1.19 bits per heavy atom. The molecule has 1 aromatic carbocycles. The van der Waals surface area contributed by atoms with Gasteiger partial charge in [0, 0.05) is 37.9 Å². The molecule has 0 spiro atoms. The van der Waals surface area contributed by atoms with E-state index >= 15 is 0 Å². The summed E-state index contributed by atoms with van der Waals surface area (Å²) in [7, 11) is 3.98. The van der Waals surface area contributed by atoms with Crippen molar-refractivity contribution >= 4 is 16.6 Å². The number of aromatic nitrogens is 2. The Kier molecular flexibility index (Phi) is 2.63. The van der Waals surface area contributed by atoms with Crippen molar-refractivity contribution < 1.29 is 0 Å². The minimum atomic E-state index is 0.0424. The first-order valence-corrected chi connectivity index (χ1v) is 7.49. The van der Waals surface area contributed by atoms with E-state index in [2.05, 4.69) is 27.9 Å². The van der Waals surface area contributed by atoms with Crippen LogP contribution in [-0.2, 0) is 7.05 Å². The van der Waals surface area contributed by atoms with Crippen molar-refractivity contribution in [2.75, 3.05) is 25.0 Å². The molecule has 0 radical (unpaired) electrons. The average Bonchev–Trinajstić information content (AvgIpc) is 3.04. The maximum atomic E-state index is 12.4. The lowest BCUT2D eigenvalue weighted by Crippen LogP contribution is -2.44. The van der Waals surface area contributed by atoms with Crippen molar-refractivity contribution in [3.8, 4) is 0 Å². The summed E-state index contributed by atoms with van der Waals surface area (Å²) < 4.78 is 1.62. The zero-order chi connectivity index (χ0) is 14.7. The van der Waals surface area contributed by atoms with Gasteiger partial charge in [0.25, 0.3) is 5.56 Å². The Balaban J connectivity index is 1.80. The average molecular weight is 284 g/mol. The van der Waals surface area contributed by atoms with E-state index in [1.54, 1.807) is 11.6 Å². The van der Waals surface area contributed by atoms with Crippen molar-refractivity contribution in [1.29, 1.82) is 0 Å². The number of hydrogen-bond acceptors (Lipinski definition) is 4. The van der Waals surface area contributed by atoms with Gasteiger partial charge < -0.3 is 4.90 Å². The van der Waals surface area contributed by atoms with Crippen LogP contribution in [0.5, 0.6) is 0 Å². The standard InChI is InChI=1S/C16H20N4O/c1-10-17-15-5-4-11(7-14(15)16(21)19(10)3)20-9-12-6-13(20)8-18(12)2/h4-5,7,12-13H,6,8-9H2,1-3H3. The second-order valence-electron chi connectivity index (χ2n) is 6.36. The Morgan fingerprint density at radius 2 is 2.00 bits per heavy atom. The van der Waals surface area contributed by atoms with Crippen LogP contribution in [0, 0.1) is 6.92 Å². The molecule has 2 unspecified atom stereocenters. The fourth-order valence-electron chi connectivity index (χ4n) is 3.73. The van der Waals surface area contributed by atoms with Crippen LogP contribution in [0.1, 0.15) is 12.2 Å². The number of anilines is 1. The molecule has 2 saturated heterocycles. The highest BCUT2D eigenvalue weighted by Gasteiger charge is 2.41. The molecule has 2 aromatic rings. The molecule has 0 aliphatic carbocycles. The lowest BCUT2D eigenvalue weighted by Gasteiger charge is -2.33. The first kappa shape index (κ1) is 12.8. The molecule has 21 heavy (non-hydrogen) atoms. The summed E-state index contributed by atoms with van der Waals surface area (Å²) in [6, 6.07) is 7.35. The van der Waals surface area contributed by atoms with E-state index in [0.29, 0.717) is 12.1 Å². The highest BCUT2D eigenvalue weighted by molar-refractivity contribution is 5.82. The van der Waals surface area contributed by atoms with E-state index in [1.807, 2.05) is 19.1 Å². The molecule has 2 aliphatic heterocycles. The Hall–Kier alpha value is -1.88. The van der Waals surface area contributed by atoms with E-state index < -0.39 is 0 Å². The highest BCUT2D eigenvalue weighted by Crippen LogP contribution is 2.34. The maximum absolute atomic E-state index is 12.4. The lowest BCUT2D eigenvalue weighted by atomic mass is 10.2. The molecular formula is C16H20N4O. The van der Waals surface area contributed by atoms with Gasteiger partial charge in [-0.1, -0.05) is 0 Å². The largest absolute Gasteiger partial charge is 0.366 e. The van der Waals surface area contributed by atoms with Crippen LogP contribution in [0.25, 0.3) is 10.9 Å². The predicted molar refractivity (Wildman–Crippen MR) is 83.9 cm³/mol. The summed E-state index contributed by atoms with van der Waals surface area (Å²) >= 11 is 0. The van der Waals surface area contributed by atoms with E-state index in [0.717, 1.165) is 35.5 Å². The zero-order valence-electron chi connectivity index (χ0n) is 12.7. The SMILES string of the molecule is Cc1nc2ccc(N3CC4CC3CN4C)cc2c(=O)n1C. The minimum absolute atomic E-state index is 0.0424. The first-order valence-electron chi connectivity index (χ1n) is 7.49. The van der Waals surface area contributed by atoms with Gasteiger partial charge in [0.15, 0.2) is 0 Å². The molecule has 1 aromatic heterocycles. The molecule has 5 nitrogen and oxygen atoms in total. The van der Waals surface area contributed by atoms with Crippen LogP contribution in [0.15, 0.2) is 23.0 Å². The maximum Gasteiger partial charge on any atom is 0.261 e. The summed E-state index contributed by atoms with van der Waals surface area (Å²) in [6.45, 7) is 4.04. The number of likely N-dealkylation sites (N-methyl/N-ethyl adjacent to an activating group) is 1. The Labute approximate surface area is 123 Å². The third-order valence-corrected chi connectivity index (χ3v) is 5.13. The number of hydrogen-bond donors (Lipinski definition) is 0. The van der Waals surface area contributed by atoms with Gasteiger partial charge >= 0.3 is 0 Å². The van der Waals surface area contributed by atoms with Gasteiger partial charge in [0.1, 0.15) is 5.82 Å². The van der Waals surface area contributed by atoms with Gasteiger partial charge in [-0.3, -0.25) is 14.3 Å². The smallest absolute Gasteiger partial charge is 0.261 e. The second-order valence-corrected chi connectivity index (χ2v) is 6.36. The molecule has 2 aliphatic rings.